The Morgan fingerprint density at radius 2 is 2.44 bits per heavy atom. The van der Waals surface area contributed by atoms with E-state index in [2.05, 4.69) is 11.4 Å². The predicted molar refractivity (Wildman–Crippen MR) is 62.3 cm³/mol. The third kappa shape index (κ3) is 1.66. The molecule has 1 aliphatic heterocycles. The van der Waals surface area contributed by atoms with E-state index < -0.39 is 0 Å². The van der Waals surface area contributed by atoms with Gasteiger partial charge in [-0.05, 0) is 42.7 Å². The molecule has 3 rings (SSSR count). The van der Waals surface area contributed by atoms with Crippen LogP contribution < -0.4 is 0 Å². The third-order valence-electron chi connectivity index (χ3n) is 3.35. The normalized spacial score (nSPS) is 24.5. The van der Waals surface area contributed by atoms with Gasteiger partial charge in [-0.3, -0.25) is 9.63 Å². The summed E-state index contributed by atoms with van der Waals surface area (Å²) >= 11 is 1.78. The van der Waals surface area contributed by atoms with Crippen LogP contribution in [0.25, 0.3) is 0 Å². The Hall–Kier alpha value is -0.870. The molecule has 1 amide bonds. The SMILES string of the molecule is O=C(C1CCCc2sccc21)N1CCCO1. The molecule has 1 atom stereocenters. The standard InChI is InChI=1S/C12H15NO2S/c14-12(13-6-2-7-15-13)10-3-1-4-11-9(10)5-8-16-11/h5,8,10H,1-4,6-7H2. The fraction of sp³-hybridized carbons (Fsp3) is 0.583. The summed E-state index contributed by atoms with van der Waals surface area (Å²) in [6, 6.07) is 2.11. The molecule has 16 heavy (non-hydrogen) atoms. The van der Waals surface area contributed by atoms with Gasteiger partial charge in [0.2, 0.25) is 0 Å². The van der Waals surface area contributed by atoms with Crippen LogP contribution in [0.1, 0.15) is 35.6 Å². The number of thiophene rings is 1. The molecule has 0 bridgehead atoms. The van der Waals surface area contributed by atoms with Crippen LogP contribution in [0.5, 0.6) is 0 Å². The van der Waals surface area contributed by atoms with Gasteiger partial charge in [0.25, 0.3) is 5.91 Å². The number of hydrogen-bond donors (Lipinski definition) is 0. The molecule has 4 heteroatoms. The number of hydrogen-bond acceptors (Lipinski definition) is 3. The zero-order valence-electron chi connectivity index (χ0n) is 9.15. The van der Waals surface area contributed by atoms with Gasteiger partial charge >= 0.3 is 0 Å². The fourth-order valence-corrected chi connectivity index (χ4v) is 3.53. The Bertz CT molecular complexity index is 395. The van der Waals surface area contributed by atoms with Crippen molar-refractivity contribution in [3.05, 3.63) is 21.9 Å². The van der Waals surface area contributed by atoms with Crippen molar-refractivity contribution in [3.8, 4) is 0 Å². The lowest BCUT2D eigenvalue weighted by Crippen LogP contribution is -2.33. The summed E-state index contributed by atoms with van der Waals surface area (Å²) in [5.74, 6) is 0.213. The highest BCUT2D eigenvalue weighted by atomic mass is 32.1. The number of carbonyl (C=O) groups excluding carboxylic acids is 1. The van der Waals surface area contributed by atoms with Crippen LogP contribution in [0.15, 0.2) is 11.4 Å². The number of rotatable bonds is 1. The van der Waals surface area contributed by atoms with Crippen LogP contribution in [0.3, 0.4) is 0 Å². The van der Waals surface area contributed by atoms with Crippen molar-refractivity contribution in [1.29, 1.82) is 0 Å². The molecule has 0 saturated carbocycles. The first-order chi connectivity index (χ1) is 7.86. The minimum atomic E-state index is 0.0492. The first-order valence-corrected chi connectivity index (χ1v) is 6.75. The van der Waals surface area contributed by atoms with Crippen LogP contribution in [0, 0.1) is 0 Å². The zero-order valence-corrected chi connectivity index (χ0v) is 9.96. The minimum Gasteiger partial charge on any atom is -0.272 e. The lowest BCUT2D eigenvalue weighted by molar-refractivity contribution is -0.170. The first-order valence-electron chi connectivity index (χ1n) is 5.87. The summed E-state index contributed by atoms with van der Waals surface area (Å²) in [7, 11) is 0. The molecule has 0 N–H and O–H groups in total. The number of aryl methyl sites for hydroxylation is 1. The molecule has 86 valence electrons. The molecule has 1 unspecified atom stereocenters. The Balaban J connectivity index is 1.83. The summed E-state index contributed by atoms with van der Waals surface area (Å²) in [5, 5.41) is 3.67. The zero-order chi connectivity index (χ0) is 11.0. The minimum absolute atomic E-state index is 0.0492. The number of nitrogens with zero attached hydrogens (tertiary/aromatic N) is 1. The van der Waals surface area contributed by atoms with E-state index in [-0.39, 0.29) is 11.8 Å². The monoisotopic (exact) mass is 237 g/mol. The van der Waals surface area contributed by atoms with Crippen molar-refractivity contribution in [1.82, 2.24) is 5.06 Å². The third-order valence-corrected chi connectivity index (χ3v) is 4.35. The summed E-state index contributed by atoms with van der Waals surface area (Å²) in [4.78, 5) is 19.0. The molecule has 2 aliphatic rings. The predicted octanol–water partition coefficient (Wildman–Crippen LogP) is 2.33. The number of amides is 1. The maximum Gasteiger partial charge on any atom is 0.253 e. The highest BCUT2D eigenvalue weighted by Crippen LogP contribution is 2.36. The highest BCUT2D eigenvalue weighted by Gasteiger charge is 2.32. The Kier molecular flexibility index (Phi) is 2.69. The van der Waals surface area contributed by atoms with Crippen molar-refractivity contribution < 1.29 is 9.63 Å². The number of fused-ring (bicyclic) bond motifs is 1. The van der Waals surface area contributed by atoms with Crippen molar-refractivity contribution in [3.63, 3.8) is 0 Å². The van der Waals surface area contributed by atoms with E-state index in [0.29, 0.717) is 6.61 Å². The molecule has 2 heterocycles. The van der Waals surface area contributed by atoms with Gasteiger partial charge in [-0.25, -0.2) is 5.06 Å². The van der Waals surface area contributed by atoms with Crippen molar-refractivity contribution in [2.45, 2.75) is 31.6 Å². The summed E-state index contributed by atoms with van der Waals surface area (Å²) < 4.78 is 0. The van der Waals surface area contributed by atoms with E-state index >= 15 is 0 Å². The van der Waals surface area contributed by atoms with Gasteiger partial charge in [0.1, 0.15) is 0 Å². The lowest BCUT2D eigenvalue weighted by atomic mass is 9.87. The molecular weight excluding hydrogens is 222 g/mol. The molecule has 1 aromatic heterocycles. The Morgan fingerprint density at radius 3 is 3.25 bits per heavy atom. The second-order valence-electron chi connectivity index (χ2n) is 4.37. The molecule has 1 aromatic rings. The molecule has 0 radical (unpaired) electrons. The largest absolute Gasteiger partial charge is 0.272 e. The van der Waals surface area contributed by atoms with Gasteiger partial charge in [0.05, 0.1) is 19.1 Å². The quantitative estimate of drug-likeness (QED) is 0.750. The van der Waals surface area contributed by atoms with E-state index in [9.17, 15) is 4.79 Å². The Morgan fingerprint density at radius 1 is 1.50 bits per heavy atom. The van der Waals surface area contributed by atoms with Gasteiger partial charge in [0.15, 0.2) is 0 Å². The summed E-state index contributed by atoms with van der Waals surface area (Å²) in [6.45, 7) is 1.45. The molecular formula is C12H15NO2S. The highest BCUT2D eigenvalue weighted by molar-refractivity contribution is 7.10. The lowest BCUT2D eigenvalue weighted by Gasteiger charge is -2.25. The second kappa shape index (κ2) is 4.18. The van der Waals surface area contributed by atoms with E-state index in [4.69, 9.17) is 4.84 Å². The summed E-state index contributed by atoms with van der Waals surface area (Å²) in [6.07, 6.45) is 4.20. The van der Waals surface area contributed by atoms with E-state index in [1.165, 1.54) is 10.4 Å². The maximum absolute atomic E-state index is 12.3. The van der Waals surface area contributed by atoms with Gasteiger partial charge in [-0.1, -0.05) is 0 Å². The van der Waals surface area contributed by atoms with Gasteiger partial charge in [0, 0.05) is 4.88 Å². The van der Waals surface area contributed by atoms with Gasteiger partial charge in [-0.15, -0.1) is 11.3 Å². The maximum atomic E-state index is 12.3. The number of carbonyl (C=O) groups is 1. The van der Waals surface area contributed by atoms with Gasteiger partial charge < -0.3 is 0 Å². The second-order valence-corrected chi connectivity index (χ2v) is 5.37. The number of hydroxylamine groups is 2. The average molecular weight is 237 g/mol. The van der Waals surface area contributed by atoms with Crippen LogP contribution in [-0.2, 0) is 16.1 Å². The first kappa shape index (κ1) is 10.3. The van der Waals surface area contributed by atoms with Crippen molar-refractivity contribution >= 4 is 17.2 Å². The van der Waals surface area contributed by atoms with Crippen LogP contribution in [0.4, 0.5) is 0 Å². The van der Waals surface area contributed by atoms with Crippen LogP contribution >= 0.6 is 11.3 Å². The van der Waals surface area contributed by atoms with Crippen LogP contribution in [-0.4, -0.2) is 24.1 Å². The van der Waals surface area contributed by atoms with E-state index in [0.717, 1.165) is 32.2 Å². The molecule has 1 fully saturated rings. The van der Waals surface area contributed by atoms with Crippen LogP contribution in [0.2, 0.25) is 0 Å². The van der Waals surface area contributed by atoms with E-state index in [1.54, 1.807) is 16.4 Å². The molecule has 1 saturated heterocycles. The topological polar surface area (TPSA) is 29.5 Å². The van der Waals surface area contributed by atoms with Gasteiger partial charge in [-0.2, -0.15) is 0 Å². The molecule has 0 aromatic carbocycles. The Labute approximate surface area is 99.0 Å². The van der Waals surface area contributed by atoms with Crippen molar-refractivity contribution in [2.24, 2.45) is 0 Å². The van der Waals surface area contributed by atoms with E-state index in [1.807, 2.05) is 0 Å². The van der Waals surface area contributed by atoms with Crippen molar-refractivity contribution in [2.75, 3.05) is 13.2 Å². The molecule has 3 nitrogen and oxygen atoms in total. The fourth-order valence-electron chi connectivity index (χ4n) is 2.54. The smallest absolute Gasteiger partial charge is 0.253 e. The summed E-state index contributed by atoms with van der Waals surface area (Å²) in [5.41, 5.74) is 1.25. The average Bonchev–Trinajstić information content (AvgIpc) is 2.98. The molecule has 0 spiro atoms. The molecule has 1 aliphatic carbocycles.